The third kappa shape index (κ3) is 29.3. The van der Waals surface area contributed by atoms with Gasteiger partial charge in [-0.2, -0.15) is 0 Å². The van der Waals surface area contributed by atoms with Crippen molar-refractivity contribution in [1.29, 1.82) is 0 Å². The van der Waals surface area contributed by atoms with Crippen LogP contribution in [0.25, 0.3) is 0 Å². The number of rotatable bonds is 26. The van der Waals surface area contributed by atoms with Gasteiger partial charge in [0, 0.05) is 257 Å². The maximum atomic E-state index is 12.0. The van der Waals surface area contributed by atoms with Crippen LogP contribution in [0, 0.1) is 0 Å². The van der Waals surface area contributed by atoms with Crippen LogP contribution in [0.4, 0.5) is 56.9 Å². The molecule has 0 unspecified atom stereocenters. The Kier molecular flexibility index (Phi) is 39.8. The molecule has 0 aliphatic carbocycles. The van der Waals surface area contributed by atoms with Crippen molar-refractivity contribution in [3.63, 3.8) is 0 Å². The maximum Gasteiger partial charge on any atom is 0.238 e. The second-order valence-corrected chi connectivity index (χ2v) is 33.1. The zero-order valence-corrected chi connectivity index (χ0v) is 73.8. The Morgan fingerprint density at radius 2 is 0.742 bits per heavy atom. The lowest BCUT2D eigenvalue weighted by atomic mass is 10.0. The number of benzene rings is 6. The van der Waals surface area contributed by atoms with Gasteiger partial charge in [-0.25, -0.2) is 8.42 Å². The van der Waals surface area contributed by atoms with Crippen LogP contribution in [-0.2, 0) is 121 Å². The van der Waals surface area contributed by atoms with Gasteiger partial charge in [-0.3, -0.25) is 19.2 Å². The molecule has 6 aromatic rings. The Labute approximate surface area is 712 Å². The van der Waals surface area contributed by atoms with Crippen molar-refractivity contribution in [2.75, 3.05) is 291 Å². The number of para-hydroxylation sites is 1. The SMILES string of the molecule is COCc1cc(N2CCCC2=O)ccc1N1CCC(N(C)C)CC1.COCc1cc(NC(=O)CN(C)C)ccc1N1CCOCC1.COCc1cc(NC(C)=O)ccc1N1CCOCC1.COCc1cc(S(C)(=O)=O)ccc1N1CCOCC1.COCc1ccc(N2CCCC2=O)cc1N1CCOCC1.COCc1ccccc1N1CCOCC1. The Bertz CT molecular complexity index is 4260. The molecule has 30 heteroatoms. The van der Waals surface area contributed by atoms with E-state index in [1.807, 2.05) is 77.3 Å². The minimum Gasteiger partial charge on any atom is -0.380 e. The summed E-state index contributed by atoms with van der Waals surface area (Å²) < 4.78 is 81.7. The molecule has 0 saturated carbocycles. The van der Waals surface area contributed by atoms with Gasteiger partial charge in [-0.15, -0.1) is 0 Å². The molecule has 8 aliphatic rings. The Morgan fingerprint density at radius 1 is 0.400 bits per heavy atom. The fourth-order valence-corrected chi connectivity index (χ4v) is 16.4. The number of sulfone groups is 1. The predicted octanol–water partition coefficient (Wildman–Crippen LogP) is 9.83. The van der Waals surface area contributed by atoms with Crippen LogP contribution in [0.2, 0.25) is 0 Å². The average Bonchev–Trinajstić information content (AvgIpc) is 1.79. The van der Waals surface area contributed by atoms with Gasteiger partial charge in [0.1, 0.15) is 0 Å². The highest BCUT2D eigenvalue weighted by molar-refractivity contribution is 7.90. The van der Waals surface area contributed by atoms with Gasteiger partial charge in [0.05, 0.1) is 117 Å². The molecule has 0 spiro atoms. The van der Waals surface area contributed by atoms with E-state index >= 15 is 0 Å². The zero-order chi connectivity index (χ0) is 85.8. The normalized spacial score (nSPS) is 17.2. The van der Waals surface area contributed by atoms with Gasteiger partial charge in [0.2, 0.25) is 23.6 Å². The van der Waals surface area contributed by atoms with E-state index in [0.29, 0.717) is 83.2 Å². The summed E-state index contributed by atoms with van der Waals surface area (Å²) in [4.78, 5) is 69.1. The minimum atomic E-state index is -3.19. The fraction of sp³-hybridized carbons (Fsp3) is 0.556. The third-order valence-corrected chi connectivity index (χ3v) is 22.8. The number of carbonyl (C=O) groups excluding carboxylic acids is 4. The maximum absolute atomic E-state index is 12.0. The van der Waals surface area contributed by atoms with E-state index in [-0.39, 0.29) is 23.6 Å². The number of methoxy groups -OCH3 is 6. The molecule has 2 N–H and O–H groups in total. The van der Waals surface area contributed by atoms with E-state index in [0.717, 1.165) is 225 Å². The first-order chi connectivity index (χ1) is 58.1. The lowest BCUT2D eigenvalue weighted by Crippen LogP contribution is -2.42. The molecule has 8 aliphatic heterocycles. The van der Waals surface area contributed by atoms with E-state index in [1.54, 1.807) is 54.8 Å². The molecule has 0 radical (unpaired) electrons. The van der Waals surface area contributed by atoms with Gasteiger partial charge in [-0.1, -0.05) is 24.3 Å². The molecule has 0 atom stereocenters. The van der Waals surface area contributed by atoms with Crippen LogP contribution in [0.1, 0.15) is 78.8 Å². The number of amides is 4. The highest BCUT2D eigenvalue weighted by Crippen LogP contribution is 2.35. The standard InChI is InChI=1S/C19H29N3O2.C16H25N3O3.C16H22N2O3.C14H20N2O3.C13H19NO4S.C12H17NO2/c1-20(2)16-8-11-21(12-9-16)18-7-6-17(13-15(18)14-24-3)22-10-4-5-19(22)23;1-18(2)11-16(20)17-14-4-5-15(13(10-14)12-21-3)19-6-8-22-9-7-19;1-20-12-13-4-5-14(18-6-2-3-16(18)19)11-15(13)17-7-9-21-10-8-17;1-11(17)15-13-3-4-14(12(9-13)10-18-2)16-5-7-19-8-6-16;1-17-10-11-9-12(19(2,15)16)3-4-13(11)14-5-7-18-8-6-14;1-14-10-11-4-2-3-5-12(11)13-6-8-15-9-7-13/h6-7,13,16H,4-5,8-12,14H2,1-3H3;4-5,10H,6-9,11-12H2,1-3H3,(H,17,20);4-5,11H,2-3,6-10,12H2,1H3;3-4,9H,5-8,10H2,1-2H3,(H,15,17);3-4,9H,5-8,10H2,1-2H3;2-5H,6-10H2,1H3. The van der Waals surface area contributed by atoms with Crippen LogP contribution in [0.5, 0.6) is 0 Å². The number of carbonyl (C=O) groups is 4. The van der Waals surface area contributed by atoms with Crippen LogP contribution < -0.4 is 49.8 Å². The summed E-state index contributed by atoms with van der Waals surface area (Å²) in [5, 5.41) is 5.72. The minimum absolute atomic E-state index is 0.0208. The van der Waals surface area contributed by atoms with Gasteiger partial charge >= 0.3 is 0 Å². The molecule has 8 saturated heterocycles. The Morgan fingerprint density at radius 3 is 1.13 bits per heavy atom. The van der Waals surface area contributed by atoms with E-state index in [1.165, 1.54) is 48.5 Å². The van der Waals surface area contributed by atoms with E-state index in [2.05, 4.69) is 114 Å². The van der Waals surface area contributed by atoms with Crippen molar-refractivity contribution in [1.82, 2.24) is 9.80 Å². The first-order valence-corrected chi connectivity index (χ1v) is 43.8. The number of anilines is 10. The summed E-state index contributed by atoms with van der Waals surface area (Å²) in [6, 6.07) is 38.8. The number of hydrogen-bond acceptors (Lipinski definition) is 25. The summed E-state index contributed by atoms with van der Waals surface area (Å²) in [6.45, 7) is 25.3. The smallest absolute Gasteiger partial charge is 0.238 e. The number of hydrogen-bond donors (Lipinski definition) is 2. The number of ether oxygens (including phenoxy) is 11. The van der Waals surface area contributed by atoms with Gasteiger partial charge in [0.15, 0.2) is 9.84 Å². The van der Waals surface area contributed by atoms with Crippen LogP contribution >= 0.6 is 0 Å². The molecular weight excluding hydrogens is 1550 g/mol. The average molecular weight is 1690 g/mol. The van der Waals surface area contributed by atoms with Crippen molar-refractivity contribution in [2.45, 2.75) is 96.0 Å². The Hall–Kier alpha value is -8.57. The zero-order valence-electron chi connectivity index (χ0n) is 73.0. The molecule has 29 nitrogen and oxygen atoms in total. The number of nitrogens with zero attached hydrogens (tertiary/aromatic N) is 10. The van der Waals surface area contributed by atoms with Gasteiger partial charge < -0.3 is 112 Å². The number of morpholine rings is 5. The van der Waals surface area contributed by atoms with E-state index in [9.17, 15) is 27.6 Å². The Balaban J connectivity index is 0.000000165. The molecule has 4 amide bonds. The summed E-state index contributed by atoms with van der Waals surface area (Å²) in [5.74, 6) is 0.371. The molecule has 660 valence electrons. The second-order valence-electron chi connectivity index (χ2n) is 31.0. The molecule has 6 aromatic carbocycles. The third-order valence-electron chi connectivity index (χ3n) is 21.7. The van der Waals surface area contributed by atoms with Crippen molar-refractivity contribution in [3.8, 4) is 0 Å². The van der Waals surface area contributed by atoms with E-state index < -0.39 is 9.84 Å². The number of piperidine rings is 1. The molecule has 0 aromatic heterocycles. The first-order valence-electron chi connectivity index (χ1n) is 41.9. The summed E-state index contributed by atoms with van der Waals surface area (Å²) >= 11 is 0. The summed E-state index contributed by atoms with van der Waals surface area (Å²) in [7, 11) is 15.0. The van der Waals surface area contributed by atoms with Crippen LogP contribution in [0.3, 0.4) is 0 Å². The monoisotopic (exact) mass is 1680 g/mol. The molecule has 8 fully saturated rings. The molecule has 120 heavy (non-hydrogen) atoms. The second kappa shape index (κ2) is 50.1. The lowest BCUT2D eigenvalue weighted by Gasteiger charge is -2.37. The molecule has 14 rings (SSSR count). The van der Waals surface area contributed by atoms with Gasteiger partial charge in [0.25, 0.3) is 0 Å². The lowest BCUT2D eigenvalue weighted by molar-refractivity contribution is -0.117. The van der Waals surface area contributed by atoms with Crippen LogP contribution in [0.15, 0.2) is 120 Å². The number of likely N-dealkylation sites (N-methyl/N-ethyl adjacent to an activating group) is 1. The van der Waals surface area contributed by atoms with Crippen molar-refractivity contribution < 1.29 is 79.7 Å². The van der Waals surface area contributed by atoms with E-state index in [4.69, 9.17) is 52.1 Å². The number of nitrogens with one attached hydrogen (secondary N) is 2. The molecule has 8 heterocycles. The fourth-order valence-electron chi connectivity index (χ4n) is 15.7. The summed E-state index contributed by atoms with van der Waals surface area (Å²) in [5.41, 5.74) is 17.3. The highest BCUT2D eigenvalue weighted by Gasteiger charge is 2.29. The highest BCUT2D eigenvalue weighted by atomic mass is 32.2. The molecular formula is C90H132N12O17S. The first kappa shape index (κ1) is 95.3. The summed E-state index contributed by atoms with van der Waals surface area (Å²) in [6.07, 6.45) is 6.82. The van der Waals surface area contributed by atoms with Crippen molar-refractivity contribution >= 4 is 90.3 Å². The van der Waals surface area contributed by atoms with Gasteiger partial charge in [-0.05, 0) is 145 Å². The van der Waals surface area contributed by atoms with Crippen LogP contribution in [-0.4, -0.2) is 289 Å². The topological polar surface area (TPSA) is 260 Å². The quantitative estimate of drug-likeness (QED) is 0.0512. The van der Waals surface area contributed by atoms with Crippen molar-refractivity contribution in [3.05, 3.63) is 149 Å². The predicted molar refractivity (Wildman–Crippen MR) is 475 cm³/mol. The largest absolute Gasteiger partial charge is 0.380 e. The molecule has 0 bridgehead atoms. The van der Waals surface area contributed by atoms with Crippen molar-refractivity contribution in [2.24, 2.45) is 0 Å².